The van der Waals surface area contributed by atoms with E-state index in [9.17, 15) is 9.90 Å². The topological polar surface area (TPSA) is 46.5 Å². The molecule has 6 heteroatoms. The van der Waals surface area contributed by atoms with E-state index < -0.39 is 4.75 Å². The Kier molecular flexibility index (Phi) is 4.88. The zero-order valence-corrected chi connectivity index (χ0v) is 16.3. The summed E-state index contributed by atoms with van der Waals surface area (Å²) in [7, 11) is 0. The van der Waals surface area contributed by atoms with Crippen LogP contribution in [0.4, 0.5) is 0 Å². The predicted octanol–water partition coefficient (Wildman–Crippen LogP) is 4.62. The summed E-state index contributed by atoms with van der Waals surface area (Å²) in [6.45, 7) is 1.86. The molecule has 0 aliphatic carbocycles. The average Bonchev–Trinajstić information content (AvgIpc) is 2.53. The smallest absolute Gasteiger partial charge is 0.188 e. The highest BCUT2D eigenvalue weighted by Crippen LogP contribution is 2.44. The lowest BCUT2D eigenvalue weighted by Crippen LogP contribution is -2.47. The van der Waals surface area contributed by atoms with Gasteiger partial charge in [0, 0.05) is 9.37 Å². The van der Waals surface area contributed by atoms with Gasteiger partial charge in [-0.1, -0.05) is 33.6 Å². The number of benzene rings is 2. The number of aryl methyl sites for hydroxylation is 1. The molecule has 1 heterocycles. The number of hydrogen-bond acceptors (Lipinski definition) is 4. The molecule has 1 N–H and O–H groups in total. The first-order chi connectivity index (χ1) is 10.9. The molecular formula is C17H14Br2O3S. The van der Waals surface area contributed by atoms with Crippen LogP contribution in [0.15, 0.2) is 50.2 Å². The summed E-state index contributed by atoms with van der Waals surface area (Å²) in [5.74, 6) is 0.417. The van der Waals surface area contributed by atoms with E-state index in [0.29, 0.717) is 11.3 Å². The van der Waals surface area contributed by atoms with Crippen molar-refractivity contribution in [2.24, 2.45) is 0 Å². The van der Waals surface area contributed by atoms with Crippen LogP contribution in [0.3, 0.4) is 0 Å². The number of carbonyl (C=O) groups is 1. The van der Waals surface area contributed by atoms with Crippen LogP contribution in [0.1, 0.15) is 15.9 Å². The summed E-state index contributed by atoms with van der Waals surface area (Å²) in [5.41, 5.74) is 1.63. The largest absolute Gasteiger partial charge is 0.490 e. The quantitative estimate of drug-likeness (QED) is 0.730. The van der Waals surface area contributed by atoms with Crippen molar-refractivity contribution in [3.8, 4) is 5.75 Å². The zero-order valence-electron chi connectivity index (χ0n) is 12.3. The lowest BCUT2D eigenvalue weighted by molar-refractivity contribution is 0.0796. The Morgan fingerprint density at radius 3 is 2.61 bits per heavy atom. The number of thioether (sulfide) groups is 1. The molecule has 0 spiro atoms. The minimum atomic E-state index is -1.03. The van der Waals surface area contributed by atoms with Gasteiger partial charge in [0.15, 0.2) is 5.78 Å². The zero-order chi connectivity index (χ0) is 16.6. The van der Waals surface area contributed by atoms with Gasteiger partial charge in [0.1, 0.15) is 17.1 Å². The first-order valence-corrected chi connectivity index (χ1v) is 9.39. The van der Waals surface area contributed by atoms with Crippen LogP contribution >= 0.6 is 43.6 Å². The summed E-state index contributed by atoms with van der Waals surface area (Å²) in [6, 6.07) is 11.5. The van der Waals surface area contributed by atoms with Crippen molar-refractivity contribution >= 4 is 49.4 Å². The highest BCUT2D eigenvalue weighted by Gasteiger charge is 2.45. The van der Waals surface area contributed by atoms with E-state index in [-0.39, 0.29) is 19.0 Å². The number of aliphatic hydroxyl groups is 1. The standard InChI is InChI=1S/C17H14Br2O3S/c1-10-2-4-12(5-3-10)23-17(8-20)9-22-15-13(16(17)21)6-11(18)7-14(15)19/h2-7,20H,8-9H2,1H3. The van der Waals surface area contributed by atoms with Gasteiger partial charge in [0.05, 0.1) is 16.6 Å². The first kappa shape index (κ1) is 17.0. The van der Waals surface area contributed by atoms with E-state index in [4.69, 9.17) is 4.74 Å². The van der Waals surface area contributed by atoms with Gasteiger partial charge in [0.2, 0.25) is 0 Å². The van der Waals surface area contributed by atoms with Crippen molar-refractivity contribution in [2.75, 3.05) is 13.2 Å². The van der Waals surface area contributed by atoms with Crippen LogP contribution in [0, 0.1) is 6.92 Å². The maximum atomic E-state index is 13.0. The molecule has 0 saturated carbocycles. The predicted molar refractivity (Wildman–Crippen MR) is 98.5 cm³/mol. The maximum Gasteiger partial charge on any atom is 0.188 e. The number of ether oxygens (including phenoxy) is 1. The molecule has 0 radical (unpaired) electrons. The molecule has 3 rings (SSSR count). The molecule has 0 aromatic heterocycles. The highest BCUT2D eigenvalue weighted by atomic mass is 79.9. The van der Waals surface area contributed by atoms with Gasteiger partial charge in [-0.15, -0.1) is 11.8 Å². The van der Waals surface area contributed by atoms with Crippen LogP contribution in [-0.4, -0.2) is 28.9 Å². The molecule has 1 atom stereocenters. The summed E-state index contributed by atoms with van der Waals surface area (Å²) < 4.78 is 6.30. The maximum absolute atomic E-state index is 13.0. The van der Waals surface area contributed by atoms with E-state index in [1.807, 2.05) is 37.3 Å². The second-order valence-electron chi connectivity index (χ2n) is 5.45. The highest BCUT2D eigenvalue weighted by molar-refractivity contribution is 9.11. The third kappa shape index (κ3) is 3.22. The number of halogens is 2. The van der Waals surface area contributed by atoms with E-state index >= 15 is 0 Å². The molecule has 23 heavy (non-hydrogen) atoms. The van der Waals surface area contributed by atoms with Crippen molar-refractivity contribution in [3.05, 3.63) is 56.5 Å². The van der Waals surface area contributed by atoms with Gasteiger partial charge in [-0.3, -0.25) is 4.79 Å². The fourth-order valence-electron chi connectivity index (χ4n) is 2.43. The number of hydrogen-bond donors (Lipinski definition) is 1. The number of fused-ring (bicyclic) bond motifs is 1. The summed E-state index contributed by atoms with van der Waals surface area (Å²) in [4.78, 5) is 14.0. The average molecular weight is 458 g/mol. The lowest BCUT2D eigenvalue weighted by atomic mass is 9.95. The Labute approximate surface area is 155 Å². The molecule has 1 unspecified atom stereocenters. The van der Waals surface area contributed by atoms with Crippen molar-refractivity contribution in [3.63, 3.8) is 0 Å². The van der Waals surface area contributed by atoms with Gasteiger partial charge < -0.3 is 9.84 Å². The summed E-state index contributed by atoms with van der Waals surface area (Å²) in [5, 5.41) is 9.95. The second-order valence-corrected chi connectivity index (χ2v) is 8.68. The van der Waals surface area contributed by atoms with Crippen LogP contribution < -0.4 is 4.74 Å². The van der Waals surface area contributed by atoms with Crippen LogP contribution in [0.2, 0.25) is 0 Å². The summed E-state index contributed by atoms with van der Waals surface area (Å²) >= 11 is 8.16. The normalized spacial score (nSPS) is 20.1. The number of rotatable bonds is 3. The minimum absolute atomic E-state index is 0.117. The van der Waals surface area contributed by atoms with E-state index in [0.717, 1.165) is 19.4 Å². The Balaban J connectivity index is 2.00. The molecule has 2 aromatic rings. The van der Waals surface area contributed by atoms with Crippen molar-refractivity contribution in [1.82, 2.24) is 0 Å². The van der Waals surface area contributed by atoms with Crippen molar-refractivity contribution in [2.45, 2.75) is 16.6 Å². The monoisotopic (exact) mass is 456 g/mol. The Morgan fingerprint density at radius 2 is 1.96 bits per heavy atom. The molecule has 1 aliphatic heterocycles. The molecule has 1 aliphatic rings. The Morgan fingerprint density at radius 1 is 1.26 bits per heavy atom. The van der Waals surface area contributed by atoms with Crippen LogP contribution in [0.25, 0.3) is 0 Å². The SMILES string of the molecule is Cc1ccc(SC2(CO)COc3c(Br)cc(Br)cc3C2=O)cc1. The molecule has 0 fully saturated rings. The third-order valence-electron chi connectivity index (χ3n) is 3.71. The van der Waals surface area contributed by atoms with Gasteiger partial charge in [0.25, 0.3) is 0 Å². The van der Waals surface area contributed by atoms with Gasteiger partial charge >= 0.3 is 0 Å². The number of ketones is 1. The van der Waals surface area contributed by atoms with Gasteiger partial charge in [-0.25, -0.2) is 0 Å². The molecule has 0 saturated heterocycles. The fourth-order valence-corrected chi connectivity index (χ4v) is 4.88. The Bertz CT molecular complexity index is 761. The van der Waals surface area contributed by atoms with E-state index in [1.54, 1.807) is 6.07 Å². The van der Waals surface area contributed by atoms with Crippen molar-refractivity contribution < 1.29 is 14.6 Å². The molecule has 3 nitrogen and oxygen atoms in total. The van der Waals surface area contributed by atoms with Gasteiger partial charge in [-0.2, -0.15) is 0 Å². The van der Waals surface area contributed by atoms with Crippen LogP contribution in [-0.2, 0) is 0 Å². The number of Topliss-reactive ketones (excluding diaryl/α,β-unsaturated/α-hetero) is 1. The molecule has 2 aromatic carbocycles. The number of carbonyl (C=O) groups excluding carboxylic acids is 1. The Hall–Kier alpha value is -0.820. The third-order valence-corrected chi connectivity index (χ3v) is 6.08. The second kappa shape index (κ2) is 6.59. The lowest BCUT2D eigenvalue weighted by Gasteiger charge is -2.34. The fraction of sp³-hybridized carbons (Fsp3) is 0.235. The number of aliphatic hydroxyl groups excluding tert-OH is 1. The van der Waals surface area contributed by atoms with Crippen LogP contribution in [0.5, 0.6) is 5.75 Å². The molecular weight excluding hydrogens is 444 g/mol. The molecule has 0 bridgehead atoms. The minimum Gasteiger partial charge on any atom is -0.490 e. The van der Waals surface area contributed by atoms with E-state index in [2.05, 4.69) is 31.9 Å². The van der Waals surface area contributed by atoms with E-state index in [1.165, 1.54) is 11.8 Å². The molecule has 120 valence electrons. The first-order valence-electron chi connectivity index (χ1n) is 6.98. The molecule has 0 amide bonds. The van der Waals surface area contributed by atoms with Crippen molar-refractivity contribution in [1.29, 1.82) is 0 Å². The summed E-state index contributed by atoms with van der Waals surface area (Å²) in [6.07, 6.45) is 0. The van der Waals surface area contributed by atoms with Gasteiger partial charge in [-0.05, 0) is 47.1 Å².